The number of rotatable bonds is 4. The number of carbonyl (C=O) groups is 2. The molecule has 1 aromatic rings. The second-order valence-electron chi connectivity index (χ2n) is 5.32. The number of fused-ring (bicyclic) bond motifs is 1. The number of anilines is 1. The van der Waals surface area contributed by atoms with Crippen molar-refractivity contribution in [1.29, 1.82) is 0 Å². The van der Waals surface area contributed by atoms with E-state index in [2.05, 4.69) is 0 Å². The van der Waals surface area contributed by atoms with E-state index in [0.29, 0.717) is 5.75 Å². The molecule has 0 bridgehead atoms. The van der Waals surface area contributed by atoms with Crippen LogP contribution in [0.4, 0.5) is 11.4 Å². The molecular weight excluding hydrogens is 276 g/mol. The molecule has 2 rings (SSSR count). The van der Waals surface area contributed by atoms with Gasteiger partial charge in [0.25, 0.3) is 11.6 Å². The Bertz CT molecular complexity index is 611. The predicted molar refractivity (Wildman–Crippen MR) is 75.4 cm³/mol. The highest BCUT2D eigenvalue weighted by molar-refractivity contribution is 6.04. The van der Waals surface area contributed by atoms with E-state index < -0.39 is 11.0 Å². The molecule has 1 aliphatic rings. The van der Waals surface area contributed by atoms with E-state index in [0.717, 1.165) is 0 Å². The van der Waals surface area contributed by atoms with Gasteiger partial charge in [0.1, 0.15) is 11.5 Å². The standard InChI is InChI=1S/C14H16N2O5/c1-8(2)13-14(18)15(7-9(3)17)11-6-10(16(19)20)4-5-12(11)21-13/h4-6,8,13H,7H2,1-3H3. The number of hydrogen-bond acceptors (Lipinski definition) is 5. The van der Waals surface area contributed by atoms with Crippen molar-refractivity contribution in [3.8, 4) is 5.75 Å². The van der Waals surface area contributed by atoms with Gasteiger partial charge < -0.3 is 4.74 Å². The van der Waals surface area contributed by atoms with Crippen molar-refractivity contribution in [3.63, 3.8) is 0 Å². The Morgan fingerprint density at radius 2 is 2.14 bits per heavy atom. The van der Waals surface area contributed by atoms with Crippen molar-refractivity contribution in [2.45, 2.75) is 26.9 Å². The number of nitrogens with zero attached hydrogens (tertiary/aromatic N) is 2. The van der Waals surface area contributed by atoms with E-state index in [-0.39, 0.29) is 35.5 Å². The van der Waals surface area contributed by atoms with Crippen molar-refractivity contribution < 1.29 is 19.2 Å². The lowest BCUT2D eigenvalue weighted by Crippen LogP contribution is -2.49. The van der Waals surface area contributed by atoms with Crippen molar-refractivity contribution in [3.05, 3.63) is 28.3 Å². The molecule has 1 unspecified atom stereocenters. The quantitative estimate of drug-likeness (QED) is 0.625. The number of Topliss-reactive ketones (excluding diaryl/α,β-unsaturated/α-hetero) is 1. The summed E-state index contributed by atoms with van der Waals surface area (Å²) < 4.78 is 5.63. The number of amides is 1. The Balaban J connectivity index is 2.51. The van der Waals surface area contributed by atoms with Crippen LogP contribution in [0.5, 0.6) is 5.75 Å². The Labute approximate surface area is 121 Å². The van der Waals surface area contributed by atoms with E-state index in [9.17, 15) is 19.7 Å². The van der Waals surface area contributed by atoms with Crippen molar-refractivity contribution in [2.24, 2.45) is 5.92 Å². The van der Waals surface area contributed by atoms with Crippen LogP contribution in [-0.2, 0) is 9.59 Å². The first kappa shape index (κ1) is 15.0. The van der Waals surface area contributed by atoms with Crippen LogP contribution >= 0.6 is 0 Å². The fourth-order valence-corrected chi connectivity index (χ4v) is 2.20. The largest absolute Gasteiger partial charge is 0.478 e. The van der Waals surface area contributed by atoms with E-state index in [4.69, 9.17) is 4.74 Å². The number of ketones is 1. The third kappa shape index (κ3) is 2.86. The summed E-state index contributed by atoms with van der Waals surface area (Å²) in [5, 5.41) is 10.9. The van der Waals surface area contributed by atoms with Gasteiger partial charge in [0.05, 0.1) is 17.2 Å². The number of carbonyl (C=O) groups excluding carboxylic acids is 2. The van der Waals surface area contributed by atoms with Crippen LogP contribution in [0.2, 0.25) is 0 Å². The highest BCUT2D eigenvalue weighted by Gasteiger charge is 2.37. The van der Waals surface area contributed by atoms with Gasteiger partial charge in [-0.2, -0.15) is 0 Å². The Morgan fingerprint density at radius 1 is 1.48 bits per heavy atom. The third-order valence-electron chi connectivity index (χ3n) is 3.19. The molecule has 0 aromatic heterocycles. The first-order valence-electron chi connectivity index (χ1n) is 6.57. The van der Waals surface area contributed by atoms with Crippen molar-refractivity contribution in [2.75, 3.05) is 11.4 Å². The number of ether oxygens (including phenoxy) is 1. The maximum absolute atomic E-state index is 12.4. The summed E-state index contributed by atoms with van der Waals surface area (Å²) in [6, 6.07) is 4.03. The van der Waals surface area contributed by atoms with Gasteiger partial charge in [0.2, 0.25) is 0 Å². The molecule has 1 amide bonds. The lowest BCUT2D eigenvalue weighted by Gasteiger charge is -2.35. The highest BCUT2D eigenvalue weighted by atomic mass is 16.6. The minimum atomic E-state index is -0.696. The summed E-state index contributed by atoms with van der Waals surface area (Å²) in [6.45, 7) is 4.92. The average Bonchev–Trinajstić information content (AvgIpc) is 2.40. The summed E-state index contributed by atoms with van der Waals surface area (Å²) in [4.78, 5) is 35.4. The molecule has 1 aliphatic heterocycles. The minimum absolute atomic E-state index is 0.0738. The lowest BCUT2D eigenvalue weighted by molar-refractivity contribution is -0.384. The van der Waals surface area contributed by atoms with Gasteiger partial charge in [0, 0.05) is 12.1 Å². The maximum Gasteiger partial charge on any atom is 0.271 e. The van der Waals surface area contributed by atoms with Crippen LogP contribution in [0, 0.1) is 16.0 Å². The zero-order valence-electron chi connectivity index (χ0n) is 12.0. The topological polar surface area (TPSA) is 89.8 Å². The number of non-ortho nitro benzene ring substituents is 1. The number of hydrogen-bond donors (Lipinski definition) is 0. The highest BCUT2D eigenvalue weighted by Crippen LogP contribution is 2.38. The fraction of sp³-hybridized carbons (Fsp3) is 0.429. The summed E-state index contributed by atoms with van der Waals surface area (Å²) in [5.74, 6) is -0.256. The molecule has 21 heavy (non-hydrogen) atoms. The average molecular weight is 292 g/mol. The fourth-order valence-electron chi connectivity index (χ4n) is 2.20. The van der Waals surface area contributed by atoms with Gasteiger partial charge in [-0.25, -0.2) is 0 Å². The van der Waals surface area contributed by atoms with Gasteiger partial charge in [-0.1, -0.05) is 13.8 Å². The van der Waals surface area contributed by atoms with Gasteiger partial charge in [0.15, 0.2) is 6.10 Å². The van der Waals surface area contributed by atoms with Gasteiger partial charge >= 0.3 is 0 Å². The summed E-state index contributed by atoms with van der Waals surface area (Å²) in [7, 11) is 0. The molecule has 112 valence electrons. The molecule has 0 spiro atoms. The third-order valence-corrected chi connectivity index (χ3v) is 3.19. The monoisotopic (exact) mass is 292 g/mol. The zero-order valence-corrected chi connectivity index (χ0v) is 12.0. The van der Waals surface area contributed by atoms with Crippen molar-refractivity contribution >= 4 is 23.1 Å². The van der Waals surface area contributed by atoms with Gasteiger partial charge in [-0.15, -0.1) is 0 Å². The molecule has 1 atom stereocenters. The lowest BCUT2D eigenvalue weighted by atomic mass is 10.0. The van der Waals surface area contributed by atoms with E-state index in [1.165, 1.54) is 30.0 Å². The molecule has 0 saturated heterocycles. The van der Waals surface area contributed by atoms with Crippen LogP contribution in [-0.4, -0.2) is 29.3 Å². The minimum Gasteiger partial charge on any atom is -0.478 e. The molecule has 0 aliphatic carbocycles. The van der Waals surface area contributed by atoms with Crippen LogP contribution in [0.15, 0.2) is 18.2 Å². The molecule has 1 heterocycles. The van der Waals surface area contributed by atoms with E-state index in [1.807, 2.05) is 13.8 Å². The van der Waals surface area contributed by atoms with Crippen LogP contribution in [0.1, 0.15) is 20.8 Å². The van der Waals surface area contributed by atoms with Gasteiger partial charge in [-0.05, 0) is 18.9 Å². The molecule has 7 heteroatoms. The maximum atomic E-state index is 12.4. The van der Waals surface area contributed by atoms with E-state index in [1.54, 1.807) is 0 Å². The van der Waals surface area contributed by atoms with E-state index >= 15 is 0 Å². The number of nitro benzene ring substituents is 1. The normalized spacial score (nSPS) is 17.4. The van der Waals surface area contributed by atoms with Crippen LogP contribution < -0.4 is 9.64 Å². The number of benzene rings is 1. The Morgan fingerprint density at radius 3 is 2.67 bits per heavy atom. The molecule has 0 saturated carbocycles. The zero-order chi connectivity index (χ0) is 15.7. The molecule has 0 N–H and O–H groups in total. The van der Waals surface area contributed by atoms with Crippen LogP contribution in [0.3, 0.4) is 0 Å². The second-order valence-corrected chi connectivity index (χ2v) is 5.32. The summed E-state index contributed by atoms with van der Waals surface area (Å²) in [5.41, 5.74) is 0.114. The second kappa shape index (κ2) is 5.51. The van der Waals surface area contributed by atoms with Gasteiger partial charge in [-0.3, -0.25) is 24.6 Å². The molecule has 0 radical (unpaired) electrons. The molecule has 0 fully saturated rings. The Kier molecular flexibility index (Phi) is 3.93. The first-order valence-corrected chi connectivity index (χ1v) is 6.57. The predicted octanol–water partition coefficient (Wildman–Crippen LogP) is 1.93. The summed E-state index contributed by atoms with van der Waals surface area (Å²) in [6.07, 6.45) is -0.696. The molecular formula is C14H16N2O5. The number of nitro groups is 1. The SMILES string of the molecule is CC(=O)CN1C(=O)C(C(C)C)Oc2ccc([N+](=O)[O-])cc21. The van der Waals surface area contributed by atoms with Crippen LogP contribution in [0.25, 0.3) is 0 Å². The molecule has 7 nitrogen and oxygen atoms in total. The molecule has 1 aromatic carbocycles. The smallest absolute Gasteiger partial charge is 0.271 e. The summed E-state index contributed by atoms with van der Waals surface area (Å²) >= 11 is 0. The Hall–Kier alpha value is -2.44. The first-order chi connectivity index (χ1) is 9.81. The van der Waals surface area contributed by atoms with Crippen molar-refractivity contribution in [1.82, 2.24) is 0 Å².